The average Bonchev–Trinajstić information content (AvgIpc) is 2.40. The first-order valence-electron chi connectivity index (χ1n) is 6.15. The highest BCUT2D eigenvalue weighted by Gasteiger charge is 2.30. The Morgan fingerprint density at radius 1 is 1.28 bits per heavy atom. The molecule has 2 heterocycles. The van der Waals surface area contributed by atoms with Gasteiger partial charge in [-0.1, -0.05) is 0 Å². The maximum atomic E-state index is 12.1. The first kappa shape index (κ1) is 13.6. The third-order valence-corrected chi connectivity index (χ3v) is 4.29. The second-order valence-corrected chi connectivity index (χ2v) is 5.61. The monoisotopic (exact) mass is 273 g/mol. The molecule has 0 aliphatic carbocycles. The van der Waals surface area contributed by atoms with Crippen LogP contribution in [-0.2, 0) is 14.3 Å². The van der Waals surface area contributed by atoms with Crippen molar-refractivity contribution in [3.05, 3.63) is 0 Å². The molecular weight excluding hydrogens is 254 g/mol. The summed E-state index contributed by atoms with van der Waals surface area (Å²) in [4.78, 5) is 27.1. The summed E-state index contributed by atoms with van der Waals surface area (Å²) >= 11 is 1.71. The minimum Gasteiger partial charge on any atom is -0.378 e. The lowest BCUT2D eigenvalue weighted by molar-refractivity contribution is -0.137. The Bertz CT molecular complexity index is 321. The molecule has 0 aromatic heterocycles. The van der Waals surface area contributed by atoms with Crippen molar-refractivity contribution in [2.45, 2.75) is 6.04 Å². The molecule has 2 N–H and O–H groups in total. The number of morpholine rings is 1. The van der Waals surface area contributed by atoms with Crippen molar-refractivity contribution in [2.75, 3.05) is 50.9 Å². The van der Waals surface area contributed by atoms with Crippen molar-refractivity contribution in [2.24, 2.45) is 5.73 Å². The summed E-state index contributed by atoms with van der Waals surface area (Å²) < 4.78 is 5.21. The van der Waals surface area contributed by atoms with Gasteiger partial charge in [-0.15, -0.1) is 0 Å². The topological polar surface area (TPSA) is 75.9 Å². The number of hydrogen-bond donors (Lipinski definition) is 1. The Balaban J connectivity index is 1.89. The molecule has 0 radical (unpaired) electrons. The van der Waals surface area contributed by atoms with Crippen LogP contribution >= 0.6 is 11.8 Å². The van der Waals surface area contributed by atoms with Gasteiger partial charge in [0.1, 0.15) is 0 Å². The van der Waals surface area contributed by atoms with Gasteiger partial charge in [0.05, 0.1) is 25.8 Å². The fourth-order valence-electron chi connectivity index (χ4n) is 2.18. The van der Waals surface area contributed by atoms with E-state index in [0.29, 0.717) is 32.1 Å². The lowest BCUT2D eigenvalue weighted by Crippen LogP contribution is -2.54. The number of nitrogens with two attached hydrogens (primary N) is 1. The van der Waals surface area contributed by atoms with Gasteiger partial charge in [-0.3, -0.25) is 14.5 Å². The average molecular weight is 273 g/mol. The Hall–Kier alpha value is -0.790. The molecule has 0 aromatic carbocycles. The highest BCUT2D eigenvalue weighted by atomic mass is 32.2. The number of nitrogens with zero attached hydrogens (tertiary/aromatic N) is 2. The van der Waals surface area contributed by atoms with Crippen LogP contribution in [0, 0.1) is 0 Å². The van der Waals surface area contributed by atoms with E-state index in [-0.39, 0.29) is 24.4 Å². The van der Waals surface area contributed by atoms with E-state index < -0.39 is 0 Å². The van der Waals surface area contributed by atoms with Gasteiger partial charge in [0.2, 0.25) is 11.8 Å². The van der Waals surface area contributed by atoms with Crippen LogP contribution in [0.15, 0.2) is 0 Å². The molecule has 0 saturated carbocycles. The van der Waals surface area contributed by atoms with E-state index in [0.717, 1.165) is 12.3 Å². The van der Waals surface area contributed by atoms with Gasteiger partial charge in [-0.2, -0.15) is 11.8 Å². The van der Waals surface area contributed by atoms with Crippen molar-refractivity contribution in [3.63, 3.8) is 0 Å². The molecule has 2 saturated heterocycles. The zero-order valence-corrected chi connectivity index (χ0v) is 11.2. The SMILES string of the molecule is NC(=O)C1CSCCN1CC(=O)N1CCOCC1. The van der Waals surface area contributed by atoms with Gasteiger partial charge in [0.15, 0.2) is 0 Å². The summed E-state index contributed by atoms with van der Waals surface area (Å²) in [5, 5.41) is 0. The summed E-state index contributed by atoms with van der Waals surface area (Å²) in [7, 11) is 0. The fourth-order valence-corrected chi connectivity index (χ4v) is 3.30. The number of hydrogen-bond acceptors (Lipinski definition) is 5. The van der Waals surface area contributed by atoms with Gasteiger partial charge >= 0.3 is 0 Å². The second-order valence-electron chi connectivity index (χ2n) is 4.46. The molecule has 2 amide bonds. The first-order chi connectivity index (χ1) is 8.68. The Morgan fingerprint density at radius 2 is 2.00 bits per heavy atom. The fraction of sp³-hybridized carbons (Fsp3) is 0.818. The van der Waals surface area contributed by atoms with Gasteiger partial charge in [0, 0.05) is 31.1 Å². The van der Waals surface area contributed by atoms with Crippen molar-refractivity contribution in [3.8, 4) is 0 Å². The minimum absolute atomic E-state index is 0.0662. The van der Waals surface area contributed by atoms with Crippen LogP contribution in [0.3, 0.4) is 0 Å². The molecule has 102 valence electrons. The Morgan fingerprint density at radius 3 is 2.67 bits per heavy atom. The molecule has 7 heteroatoms. The van der Waals surface area contributed by atoms with Crippen LogP contribution < -0.4 is 5.73 Å². The maximum absolute atomic E-state index is 12.1. The zero-order chi connectivity index (χ0) is 13.0. The Labute approximate surface area is 111 Å². The summed E-state index contributed by atoms with van der Waals surface area (Å²) in [5.41, 5.74) is 5.37. The highest BCUT2D eigenvalue weighted by Crippen LogP contribution is 2.16. The molecule has 0 spiro atoms. The van der Waals surface area contributed by atoms with E-state index in [1.165, 1.54) is 0 Å². The lowest BCUT2D eigenvalue weighted by Gasteiger charge is -2.35. The maximum Gasteiger partial charge on any atom is 0.236 e. The van der Waals surface area contributed by atoms with E-state index in [1.807, 2.05) is 4.90 Å². The molecule has 2 aliphatic heterocycles. The van der Waals surface area contributed by atoms with Gasteiger partial charge in [0.25, 0.3) is 0 Å². The van der Waals surface area contributed by atoms with Crippen molar-refractivity contribution >= 4 is 23.6 Å². The van der Waals surface area contributed by atoms with Crippen LogP contribution in [0.1, 0.15) is 0 Å². The predicted octanol–water partition coefficient (Wildman–Crippen LogP) is -1.25. The van der Waals surface area contributed by atoms with E-state index in [9.17, 15) is 9.59 Å². The number of ether oxygens (including phenoxy) is 1. The summed E-state index contributed by atoms with van der Waals surface area (Å²) in [6.45, 7) is 3.51. The standard InChI is InChI=1S/C11H19N3O3S/c12-11(16)9-8-18-6-3-14(9)7-10(15)13-1-4-17-5-2-13/h9H,1-8H2,(H2,12,16). The smallest absolute Gasteiger partial charge is 0.236 e. The third-order valence-electron chi connectivity index (χ3n) is 3.27. The van der Waals surface area contributed by atoms with Crippen LogP contribution in [0.5, 0.6) is 0 Å². The number of carbonyl (C=O) groups is 2. The van der Waals surface area contributed by atoms with Crippen LogP contribution in [0.25, 0.3) is 0 Å². The first-order valence-corrected chi connectivity index (χ1v) is 7.30. The second kappa shape index (κ2) is 6.40. The van der Waals surface area contributed by atoms with E-state index in [1.54, 1.807) is 16.7 Å². The van der Waals surface area contributed by atoms with Gasteiger partial charge in [-0.25, -0.2) is 0 Å². The normalized spacial score (nSPS) is 26.0. The third kappa shape index (κ3) is 3.37. The number of rotatable bonds is 3. The quantitative estimate of drug-likeness (QED) is 0.695. The van der Waals surface area contributed by atoms with Crippen molar-refractivity contribution < 1.29 is 14.3 Å². The summed E-state index contributed by atoms with van der Waals surface area (Å²) in [5.74, 6) is 1.36. The number of amides is 2. The molecule has 18 heavy (non-hydrogen) atoms. The van der Waals surface area contributed by atoms with Crippen LogP contribution in [-0.4, -0.2) is 78.6 Å². The molecule has 1 atom stereocenters. The number of primary amides is 1. The molecule has 6 nitrogen and oxygen atoms in total. The van der Waals surface area contributed by atoms with Crippen LogP contribution in [0.2, 0.25) is 0 Å². The lowest BCUT2D eigenvalue weighted by atomic mass is 10.2. The molecule has 2 fully saturated rings. The summed E-state index contributed by atoms with van der Waals surface area (Å²) in [6, 6.07) is -0.311. The zero-order valence-electron chi connectivity index (χ0n) is 10.3. The molecule has 1 unspecified atom stereocenters. The van der Waals surface area contributed by atoms with Gasteiger partial charge in [-0.05, 0) is 0 Å². The number of carbonyl (C=O) groups excluding carboxylic acids is 2. The molecule has 0 aromatic rings. The molecule has 2 aliphatic rings. The highest BCUT2D eigenvalue weighted by molar-refractivity contribution is 7.99. The van der Waals surface area contributed by atoms with E-state index in [2.05, 4.69) is 0 Å². The number of thioether (sulfide) groups is 1. The Kier molecular flexibility index (Phi) is 4.85. The van der Waals surface area contributed by atoms with Crippen molar-refractivity contribution in [1.82, 2.24) is 9.80 Å². The largest absolute Gasteiger partial charge is 0.378 e. The van der Waals surface area contributed by atoms with E-state index >= 15 is 0 Å². The minimum atomic E-state index is -0.336. The summed E-state index contributed by atoms with van der Waals surface area (Å²) in [6.07, 6.45) is 0. The predicted molar refractivity (Wildman–Crippen MR) is 69.3 cm³/mol. The molecule has 2 rings (SSSR count). The van der Waals surface area contributed by atoms with E-state index in [4.69, 9.17) is 10.5 Å². The van der Waals surface area contributed by atoms with Crippen LogP contribution in [0.4, 0.5) is 0 Å². The molecule has 0 bridgehead atoms. The van der Waals surface area contributed by atoms with Gasteiger partial charge < -0.3 is 15.4 Å². The van der Waals surface area contributed by atoms with Crippen molar-refractivity contribution in [1.29, 1.82) is 0 Å². The molecular formula is C11H19N3O3S.